The Hall–Kier alpha value is -2.64. The number of ether oxygens (including phenoxy) is 4. The number of carbonyl (C=O) groups excluding carboxylic acids is 3. The van der Waals surface area contributed by atoms with Crippen molar-refractivity contribution in [3.63, 3.8) is 0 Å². The number of nitrogens with two attached hydrogens (primary N) is 1. The lowest BCUT2D eigenvalue weighted by atomic mass is 10.1. The van der Waals surface area contributed by atoms with Crippen molar-refractivity contribution in [3.05, 3.63) is 10.2 Å². The first-order valence-corrected chi connectivity index (χ1v) is 9.66. The van der Waals surface area contributed by atoms with Crippen molar-refractivity contribution in [3.8, 4) is 0 Å². The van der Waals surface area contributed by atoms with Crippen LogP contribution in [0.4, 0.5) is 5.95 Å². The number of carbonyl (C=O) groups is 3. The molecule has 13 heteroatoms. The standard InChI is InChI=1S/C16H18N4O7S2/c1-6(21)24-5-9-11(25-7(2)22)12(26-8(3)23)14(27-9)20-13-10(29-16(20)28)4-18-15(17)19-13/h4,9,11-12,14H,5H2,1-3H3,(H2,17,18,19)/t9-,11-,12-,14?/m1/s1. The Bertz CT molecular complexity index is 1020. The lowest BCUT2D eigenvalue weighted by Crippen LogP contribution is -2.40. The fraction of sp³-hybridized carbons (Fsp3) is 0.500. The Kier molecular flexibility index (Phi) is 6.10. The van der Waals surface area contributed by atoms with Crippen molar-refractivity contribution in [2.24, 2.45) is 0 Å². The van der Waals surface area contributed by atoms with E-state index in [0.717, 1.165) is 0 Å². The SMILES string of the molecule is CC(=O)OC[C@H]1OC(n2c(=S)sc3cnc(N)nc32)[C@H](OC(C)=O)[C@@H]1OC(C)=O. The maximum Gasteiger partial charge on any atom is 0.303 e. The molecule has 0 amide bonds. The van der Waals surface area contributed by atoms with Crippen LogP contribution in [0.15, 0.2) is 6.20 Å². The van der Waals surface area contributed by atoms with Gasteiger partial charge < -0.3 is 24.7 Å². The van der Waals surface area contributed by atoms with E-state index in [4.69, 9.17) is 36.9 Å². The number of nitrogen functional groups attached to an aromatic ring is 1. The molecule has 2 aromatic heterocycles. The third kappa shape index (κ3) is 4.52. The summed E-state index contributed by atoms with van der Waals surface area (Å²) in [4.78, 5) is 42.8. The Morgan fingerprint density at radius 2 is 1.86 bits per heavy atom. The average molecular weight is 442 g/mol. The van der Waals surface area contributed by atoms with E-state index in [0.29, 0.717) is 14.3 Å². The number of hydrogen-bond donors (Lipinski definition) is 1. The number of thiazole rings is 1. The Morgan fingerprint density at radius 3 is 2.48 bits per heavy atom. The van der Waals surface area contributed by atoms with Gasteiger partial charge in [-0.05, 0) is 12.2 Å². The quantitative estimate of drug-likeness (QED) is 0.404. The summed E-state index contributed by atoms with van der Waals surface area (Å²) < 4.78 is 24.3. The zero-order valence-corrected chi connectivity index (χ0v) is 17.3. The highest BCUT2D eigenvalue weighted by atomic mass is 32.1. The number of anilines is 1. The normalized spacial score (nSPS) is 23.7. The van der Waals surface area contributed by atoms with Gasteiger partial charge in [0.05, 0.1) is 10.9 Å². The van der Waals surface area contributed by atoms with Gasteiger partial charge in [0.25, 0.3) is 0 Å². The van der Waals surface area contributed by atoms with Crippen LogP contribution in [0.1, 0.15) is 27.0 Å². The van der Waals surface area contributed by atoms with Gasteiger partial charge in [0.15, 0.2) is 28.0 Å². The average Bonchev–Trinajstić information content (AvgIpc) is 3.09. The largest absolute Gasteiger partial charge is 0.463 e. The predicted octanol–water partition coefficient (Wildman–Crippen LogP) is 1.13. The van der Waals surface area contributed by atoms with Gasteiger partial charge in [-0.25, -0.2) is 4.98 Å². The first-order valence-electron chi connectivity index (χ1n) is 8.44. The van der Waals surface area contributed by atoms with Crippen molar-refractivity contribution < 1.29 is 33.3 Å². The molecule has 29 heavy (non-hydrogen) atoms. The zero-order chi connectivity index (χ0) is 21.3. The van der Waals surface area contributed by atoms with Gasteiger partial charge in [0, 0.05) is 20.8 Å². The first kappa shape index (κ1) is 21.1. The molecule has 0 saturated carbocycles. The third-order valence-electron chi connectivity index (χ3n) is 3.97. The molecule has 0 bridgehead atoms. The van der Waals surface area contributed by atoms with Crippen LogP contribution in [0.3, 0.4) is 0 Å². The number of rotatable bonds is 5. The van der Waals surface area contributed by atoms with Gasteiger partial charge in [-0.2, -0.15) is 4.98 Å². The topological polar surface area (TPSA) is 145 Å². The summed E-state index contributed by atoms with van der Waals surface area (Å²) in [5, 5.41) is 0. The minimum Gasteiger partial charge on any atom is -0.463 e. The second-order valence-corrected chi connectivity index (χ2v) is 7.85. The van der Waals surface area contributed by atoms with Gasteiger partial charge >= 0.3 is 17.9 Å². The maximum absolute atomic E-state index is 11.7. The molecule has 0 spiro atoms. The van der Waals surface area contributed by atoms with Crippen LogP contribution in [-0.4, -0.2) is 57.4 Å². The Labute approximate surface area is 173 Å². The smallest absolute Gasteiger partial charge is 0.303 e. The molecular formula is C16H18N4O7S2. The molecule has 11 nitrogen and oxygen atoms in total. The van der Waals surface area contributed by atoms with Crippen LogP contribution in [0.5, 0.6) is 0 Å². The molecule has 1 saturated heterocycles. The molecule has 1 aliphatic rings. The van der Waals surface area contributed by atoms with Crippen LogP contribution in [0.25, 0.3) is 10.3 Å². The second-order valence-electron chi connectivity index (χ2n) is 6.17. The van der Waals surface area contributed by atoms with E-state index in [2.05, 4.69) is 9.97 Å². The van der Waals surface area contributed by atoms with E-state index in [1.165, 1.54) is 42.9 Å². The maximum atomic E-state index is 11.7. The third-order valence-corrected chi connectivity index (χ3v) is 5.30. The van der Waals surface area contributed by atoms with Gasteiger partial charge in [0.2, 0.25) is 5.95 Å². The molecular weight excluding hydrogens is 424 g/mol. The van der Waals surface area contributed by atoms with E-state index in [1.807, 2.05) is 0 Å². The van der Waals surface area contributed by atoms with Crippen LogP contribution in [-0.2, 0) is 33.3 Å². The summed E-state index contributed by atoms with van der Waals surface area (Å²) in [6.45, 7) is 3.44. The minimum atomic E-state index is -1.06. The molecule has 0 aromatic carbocycles. The first-order chi connectivity index (χ1) is 13.7. The van der Waals surface area contributed by atoms with Crippen LogP contribution >= 0.6 is 23.6 Å². The summed E-state index contributed by atoms with van der Waals surface area (Å²) in [7, 11) is 0. The number of fused-ring (bicyclic) bond motifs is 1. The lowest BCUT2D eigenvalue weighted by molar-refractivity contribution is -0.166. The predicted molar refractivity (Wildman–Crippen MR) is 102 cm³/mol. The van der Waals surface area contributed by atoms with Gasteiger partial charge in [-0.1, -0.05) is 0 Å². The van der Waals surface area contributed by atoms with Gasteiger partial charge in [-0.3, -0.25) is 19.0 Å². The summed E-state index contributed by atoms with van der Waals surface area (Å²) in [6, 6.07) is 0. The molecule has 3 heterocycles. The second kappa shape index (κ2) is 8.39. The molecule has 0 radical (unpaired) electrons. The van der Waals surface area contributed by atoms with E-state index in [9.17, 15) is 14.4 Å². The highest BCUT2D eigenvalue weighted by molar-refractivity contribution is 7.73. The Balaban J connectivity index is 2.08. The molecule has 1 aliphatic heterocycles. The van der Waals surface area contributed by atoms with Crippen molar-refractivity contribution in [2.45, 2.75) is 45.3 Å². The zero-order valence-electron chi connectivity index (χ0n) is 15.7. The van der Waals surface area contributed by atoms with E-state index >= 15 is 0 Å². The number of aromatic nitrogens is 3. The molecule has 0 aliphatic carbocycles. The fourth-order valence-electron chi connectivity index (χ4n) is 2.97. The van der Waals surface area contributed by atoms with Crippen LogP contribution in [0, 0.1) is 3.95 Å². The summed E-state index contributed by atoms with van der Waals surface area (Å²) in [6.07, 6.45) is -2.45. The van der Waals surface area contributed by atoms with E-state index in [1.54, 1.807) is 0 Å². The Morgan fingerprint density at radius 1 is 1.21 bits per heavy atom. The molecule has 2 N–H and O–H groups in total. The highest BCUT2D eigenvalue weighted by Crippen LogP contribution is 2.38. The van der Waals surface area contributed by atoms with Crippen LogP contribution < -0.4 is 5.73 Å². The molecule has 2 aromatic rings. The summed E-state index contributed by atoms with van der Waals surface area (Å²) in [5.74, 6) is -1.75. The van der Waals surface area contributed by atoms with Gasteiger partial charge in [-0.15, -0.1) is 11.3 Å². The number of hydrogen-bond acceptors (Lipinski definition) is 12. The van der Waals surface area contributed by atoms with Crippen molar-refractivity contribution in [1.29, 1.82) is 0 Å². The van der Waals surface area contributed by atoms with Gasteiger partial charge in [0.1, 0.15) is 12.7 Å². The molecule has 3 rings (SSSR count). The van der Waals surface area contributed by atoms with E-state index in [-0.39, 0.29) is 12.6 Å². The summed E-state index contributed by atoms with van der Waals surface area (Å²) >= 11 is 6.64. The molecule has 4 atom stereocenters. The molecule has 1 unspecified atom stereocenters. The molecule has 156 valence electrons. The molecule has 1 fully saturated rings. The van der Waals surface area contributed by atoms with Crippen molar-refractivity contribution in [1.82, 2.24) is 14.5 Å². The monoisotopic (exact) mass is 442 g/mol. The van der Waals surface area contributed by atoms with Crippen LogP contribution in [0.2, 0.25) is 0 Å². The van der Waals surface area contributed by atoms with Crippen molar-refractivity contribution in [2.75, 3.05) is 12.3 Å². The summed E-state index contributed by atoms with van der Waals surface area (Å²) in [5.41, 5.74) is 6.08. The fourth-order valence-corrected chi connectivity index (χ4v) is 4.25. The van der Waals surface area contributed by atoms with E-state index < -0.39 is 42.4 Å². The highest BCUT2D eigenvalue weighted by Gasteiger charge is 2.51. The number of esters is 3. The lowest BCUT2D eigenvalue weighted by Gasteiger charge is -2.23. The van der Waals surface area contributed by atoms with Crippen molar-refractivity contribution >= 4 is 57.8 Å². The number of nitrogens with zero attached hydrogens (tertiary/aromatic N) is 3. The minimum absolute atomic E-state index is 0.0223.